The van der Waals surface area contributed by atoms with Crippen molar-refractivity contribution in [3.8, 4) is 11.5 Å². The van der Waals surface area contributed by atoms with Crippen LogP contribution in [0.1, 0.15) is 47.7 Å². The van der Waals surface area contributed by atoms with Gasteiger partial charge in [-0.3, -0.25) is 4.79 Å². The number of aromatic nitrogens is 3. The van der Waals surface area contributed by atoms with Gasteiger partial charge in [0.05, 0.1) is 19.1 Å². The second-order valence-electron chi connectivity index (χ2n) is 9.48. The summed E-state index contributed by atoms with van der Waals surface area (Å²) in [6.45, 7) is 3.13. The van der Waals surface area contributed by atoms with Crippen molar-refractivity contribution in [2.24, 2.45) is 5.10 Å². The summed E-state index contributed by atoms with van der Waals surface area (Å²) in [6.07, 6.45) is 2.63. The first kappa shape index (κ1) is 29.2. The van der Waals surface area contributed by atoms with E-state index in [-0.39, 0.29) is 11.7 Å². The number of carbonyl (C=O) groups is 1. The number of amides is 1. The topological polar surface area (TPSA) is 90.6 Å². The number of thioether (sulfide) groups is 1. The van der Waals surface area contributed by atoms with Crippen LogP contribution in [0, 0.1) is 0 Å². The Hall–Kier alpha value is -3.34. The highest BCUT2D eigenvalue weighted by Gasteiger charge is 2.43. The summed E-state index contributed by atoms with van der Waals surface area (Å²) < 4.78 is 14.5. The Morgan fingerprint density at radius 2 is 1.93 bits per heavy atom. The Morgan fingerprint density at radius 3 is 2.66 bits per heavy atom. The fourth-order valence-electron chi connectivity index (χ4n) is 4.56. The van der Waals surface area contributed by atoms with Gasteiger partial charge in [-0.1, -0.05) is 51.4 Å². The van der Waals surface area contributed by atoms with E-state index in [2.05, 4.69) is 60.3 Å². The molecule has 1 fully saturated rings. The summed E-state index contributed by atoms with van der Waals surface area (Å²) in [4.78, 5) is 12.5. The van der Waals surface area contributed by atoms with Crippen molar-refractivity contribution in [3.63, 3.8) is 0 Å². The predicted molar refractivity (Wildman–Crippen MR) is 165 cm³/mol. The molecule has 2 atom stereocenters. The van der Waals surface area contributed by atoms with Gasteiger partial charge in [0.15, 0.2) is 5.16 Å². The highest BCUT2D eigenvalue weighted by Crippen LogP contribution is 2.54. The van der Waals surface area contributed by atoms with E-state index in [0.717, 1.165) is 50.3 Å². The lowest BCUT2D eigenvalue weighted by Crippen LogP contribution is -2.20. The second-order valence-corrected chi connectivity index (χ2v) is 11.8. The van der Waals surface area contributed by atoms with Crippen molar-refractivity contribution in [1.29, 1.82) is 0 Å². The molecule has 0 spiro atoms. The average molecular weight is 655 g/mol. The number of rotatable bonds is 12. The summed E-state index contributed by atoms with van der Waals surface area (Å²) in [5.41, 5.74) is 5.54. The van der Waals surface area contributed by atoms with Crippen LogP contribution in [0.3, 0.4) is 0 Å². The summed E-state index contributed by atoms with van der Waals surface area (Å²) in [7, 11) is 1.62. The van der Waals surface area contributed by atoms with Crippen LogP contribution in [0.15, 0.2) is 81.5 Å². The molecule has 8 nitrogen and oxygen atoms in total. The molecule has 0 bridgehead atoms. The van der Waals surface area contributed by atoms with Crippen molar-refractivity contribution in [1.82, 2.24) is 20.2 Å². The lowest BCUT2D eigenvalue weighted by atomic mass is 10.1. The Kier molecular flexibility index (Phi) is 9.64. The molecule has 212 valence electrons. The molecule has 5 rings (SSSR count). The molecule has 1 N–H and O–H groups in total. The first-order valence-corrected chi connectivity index (χ1v) is 15.3. The van der Waals surface area contributed by atoms with Crippen LogP contribution in [-0.2, 0) is 17.9 Å². The number of carbonyl (C=O) groups excluding carboxylic acids is 1. The van der Waals surface area contributed by atoms with Gasteiger partial charge in [0, 0.05) is 27.5 Å². The van der Waals surface area contributed by atoms with Crippen molar-refractivity contribution in [3.05, 3.63) is 98.7 Å². The van der Waals surface area contributed by atoms with Gasteiger partial charge in [0.2, 0.25) is 0 Å². The number of hydrazone groups is 1. The number of hydrogen-bond acceptors (Lipinski definition) is 7. The SMILES string of the molecule is CCn1c(SCC(=O)N/N=C/c2ccc(OC)c(COc3ccc(Br)cc3)c2)nnc1C1CC1c1ccc(Cl)cc1. The van der Waals surface area contributed by atoms with Gasteiger partial charge in [-0.15, -0.1) is 10.2 Å². The molecule has 11 heteroatoms. The minimum absolute atomic E-state index is 0.176. The predicted octanol–water partition coefficient (Wildman–Crippen LogP) is 6.82. The highest BCUT2D eigenvalue weighted by atomic mass is 79.9. The number of hydrogen-bond donors (Lipinski definition) is 1. The minimum atomic E-state index is -0.226. The molecule has 0 radical (unpaired) electrons. The first-order valence-electron chi connectivity index (χ1n) is 13.1. The van der Waals surface area contributed by atoms with E-state index in [1.54, 1.807) is 13.3 Å². The molecule has 1 heterocycles. The maximum atomic E-state index is 12.5. The van der Waals surface area contributed by atoms with E-state index >= 15 is 0 Å². The van der Waals surface area contributed by atoms with Gasteiger partial charge >= 0.3 is 0 Å². The van der Waals surface area contributed by atoms with Crippen LogP contribution in [0.25, 0.3) is 0 Å². The number of halogens is 2. The average Bonchev–Trinajstić information content (AvgIpc) is 3.67. The molecule has 2 unspecified atom stereocenters. The second kappa shape index (κ2) is 13.5. The summed E-state index contributed by atoms with van der Waals surface area (Å²) in [5, 5.41) is 14.4. The molecular weight excluding hydrogens is 626 g/mol. The zero-order chi connectivity index (χ0) is 28.8. The van der Waals surface area contributed by atoms with Crippen LogP contribution in [0.4, 0.5) is 0 Å². The van der Waals surface area contributed by atoms with E-state index in [4.69, 9.17) is 21.1 Å². The number of ether oxygens (including phenoxy) is 2. The smallest absolute Gasteiger partial charge is 0.250 e. The summed E-state index contributed by atoms with van der Waals surface area (Å²) >= 11 is 10.8. The molecule has 4 aromatic rings. The van der Waals surface area contributed by atoms with Gasteiger partial charge < -0.3 is 14.0 Å². The lowest BCUT2D eigenvalue weighted by Gasteiger charge is -2.11. The molecule has 3 aromatic carbocycles. The molecule has 41 heavy (non-hydrogen) atoms. The molecular formula is C30H29BrClN5O3S. The van der Waals surface area contributed by atoms with E-state index in [1.165, 1.54) is 17.3 Å². The largest absolute Gasteiger partial charge is 0.496 e. The van der Waals surface area contributed by atoms with Crippen LogP contribution >= 0.6 is 39.3 Å². The number of methoxy groups -OCH3 is 1. The standard InChI is InChI=1S/C30H29BrClN5O3S/c1-3-37-29(26-15-25(26)20-5-9-23(32)10-6-20)35-36-30(37)41-18-28(38)34-33-16-19-4-13-27(39-2)21(14-19)17-40-24-11-7-22(31)8-12-24/h4-14,16,25-26H,3,15,17-18H2,1-2H3,(H,34,38)/b33-16+. The van der Waals surface area contributed by atoms with Crippen LogP contribution < -0.4 is 14.9 Å². The maximum absolute atomic E-state index is 12.5. The zero-order valence-corrected chi connectivity index (χ0v) is 25.7. The van der Waals surface area contributed by atoms with Crippen molar-refractivity contribution in [2.45, 2.75) is 43.5 Å². The molecule has 1 aliphatic rings. The Bertz CT molecular complexity index is 1530. The third-order valence-corrected chi connectivity index (χ3v) is 8.48. The Morgan fingerprint density at radius 1 is 1.15 bits per heavy atom. The molecule has 1 saturated carbocycles. The highest BCUT2D eigenvalue weighted by molar-refractivity contribution is 9.10. The van der Waals surface area contributed by atoms with Gasteiger partial charge in [0.25, 0.3) is 5.91 Å². The van der Waals surface area contributed by atoms with Gasteiger partial charge in [-0.2, -0.15) is 5.10 Å². The van der Waals surface area contributed by atoms with E-state index < -0.39 is 0 Å². The normalized spacial score (nSPS) is 16.1. The summed E-state index contributed by atoms with van der Waals surface area (Å²) in [6, 6.07) is 21.3. The van der Waals surface area contributed by atoms with Crippen molar-refractivity contribution >= 4 is 51.4 Å². The monoisotopic (exact) mass is 653 g/mol. The molecule has 0 saturated heterocycles. The number of nitrogens with zero attached hydrogens (tertiary/aromatic N) is 4. The Balaban J connectivity index is 1.14. The molecule has 1 amide bonds. The quantitative estimate of drug-likeness (QED) is 0.103. The molecule has 0 aliphatic heterocycles. The van der Waals surface area contributed by atoms with Gasteiger partial charge in [-0.05, 0) is 85.0 Å². The molecule has 1 aliphatic carbocycles. The van der Waals surface area contributed by atoms with Crippen LogP contribution in [0.5, 0.6) is 11.5 Å². The maximum Gasteiger partial charge on any atom is 0.250 e. The third-order valence-electron chi connectivity index (χ3n) is 6.73. The van der Waals surface area contributed by atoms with Crippen molar-refractivity contribution in [2.75, 3.05) is 12.9 Å². The number of nitrogens with one attached hydrogen (secondary N) is 1. The van der Waals surface area contributed by atoms with E-state index in [1.807, 2.05) is 54.6 Å². The lowest BCUT2D eigenvalue weighted by molar-refractivity contribution is -0.118. The first-order chi connectivity index (χ1) is 19.9. The van der Waals surface area contributed by atoms with Crippen LogP contribution in [0.2, 0.25) is 5.02 Å². The van der Waals surface area contributed by atoms with Crippen LogP contribution in [-0.4, -0.2) is 39.7 Å². The fourth-order valence-corrected chi connectivity index (χ4v) is 5.75. The van der Waals surface area contributed by atoms with E-state index in [0.29, 0.717) is 24.2 Å². The van der Waals surface area contributed by atoms with Gasteiger partial charge in [0.1, 0.15) is 23.9 Å². The minimum Gasteiger partial charge on any atom is -0.496 e. The molecule has 1 aromatic heterocycles. The van der Waals surface area contributed by atoms with E-state index in [9.17, 15) is 4.79 Å². The van der Waals surface area contributed by atoms with Crippen molar-refractivity contribution < 1.29 is 14.3 Å². The van der Waals surface area contributed by atoms with Gasteiger partial charge in [-0.25, -0.2) is 5.43 Å². The third kappa shape index (κ3) is 7.49. The Labute approximate surface area is 256 Å². The summed E-state index contributed by atoms with van der Waals surface area (Å²) in [5.74, 6) is 3.13. The zero-order valence-electron chi connectivity index (χ0n) is 22.6. The number of benzene rings is 3. The fraction of sp³-hybridized carbons (Fsp3) is 0.267.